The van der Waals surface area contributed by atoms with Gasteiger partial charge in [0.2, 0.25) is 22.6 Å². The Morgan fingerprint density at radius 2 is 1.10 bits per heavy atom. The number of nitrogens with zero attached hydrogens (tertiary/aromatic N) is 10. The third kappa shape index (κ3) is 1.74. The number of hydrogen-bond acceptors (Lipinski definition) is 6. The smallest absolute Gasteiger partial charge is 0.249 e. The summed E-state index contributed by atoms with van der Waals surface area (Å²) in [5, 5.41) is 4.17. The van der Waals surface area contributed by atoms with Gasteiger partial charge < -0.3 is 0 Å². The van der Waals surface area contributed by atoms with Gasteiger partial charge in [-0.15, -0.1) is 9.15 Å². The zero-order chi connectivity index (χ0) is 26.2. The molecule has 12 rings (SSSR count). The summed E-state index contributed by atoms with van der Waals surface area (Å²) in [5.74, 6) is 3.85. The van der Waals surface area contributed by atoms with E-state index in [0.717, 1.165) is 90.0 Å². The third-order valence-corrected chi connectivity index (χ3v) is 9.08. The van der Waals surface area contributed by atoms with E-state index in [9.17, 15) is 0 Å². The normalized spacial score (nSPS) is 20.8. The number of hydrogen-bond donors (Lipinski definition) is 0. The van der Waals surface area contributed by atoms with Crippen molar-refractivity contribution in [3.05, 3.63) is 119 Å². The van der Waals surface area contributed by atoms with Gasteiger partial charge in [-0.2, -0.15) is 9.13 Å². The van der Waals surface area contributed by atoms with Gasteiger partial charge in [-0.3, -0.25) is 0 Å². The monoisotopic (exact) mass is 526 g/mol. The minimum atomic E-state index is -1.00. The predicted octanol–water partition coefficient (Wildman–Crippen LogP) is 2.50. The number of pyridine rings is 2. The quantitative estimate of drug-likeness (QED) is 0.285. The molecule has 10 heteroatoms. The lowest BCUT2D eigenvalue weighted by Gasteiger charge is -2.40. The molecule has 0 aliphatic carbocycles. The lowest BCUT2D eigenvalue weighted by Crippen LogP contribution is -2.71. The molecule has 0 N–H and O–H groups in total. The highest BCUT2D eigenvalue weighted by Crippen LogP contribution is 2.52. The molecule has 0 bridgehead atoms. The molecule has 1 atom stereocenters. The standard InChI is InChI=1S/C31H14N10/c1-3-9-17-15(7-1)23-34-27-19-11-5-13-32-21(19)30-37-26-18-10-4-2-8-16(18)24-35-28-20-12-6-14-33-22(20)29-36-25(17)38(23)31(39(24)26,40(27)30)41(28)29/h1-14H/q+2. The van der Waals surface area contributed by atoms with Crippen LogP contribution < -0.4 is 11.0 Å². The van der Waals surface area contributed by atoms with Crippen LogP contribution in [0.4, 0.5) is 11.6 Å². The van der Waals surface area contributed by atoms with Crippen molar-refractivity contribution >= 4 is 56.5 Å². The average molecular weight is 527 g/mol. The fourth-order valence-corrected chi connectivity index (χ4v) is 7.61. The Kier molecular flexibility index (Phi) is 2.73. The highest BCUT2D eigenvalue weighted by molar-refractivity contribution is 6.19. The Hall–Kier alpha value is -5.90. The topological polar surface area (TPSA) is 91.1 Å². The molecule has 6 aliphatic rings. The zero-order valence-corrected chi connectivity index (χ0v) is 21.1. The Balaban J connectivity index is 1.45. The first-order chi connectivity index (χ1) is 20.4. The van der Waals surface area contributed by atoms with Gasteiger partial charge in [-0.05, 0) is 48.5 Å². The van der Waals surface area contributed by atoms with E-state index in [4.69, 9.17) is 29.9 Å². The maximum absolute atomic E-state index is 5.36. The van der Waals surface area contributed by atoms with Crippen molar-refractivity contribution in [2.45, 2.75) is 5.91 Å². The molecular formula is C31H14N10+2. The summed E-state index contributed by atoms with van der Waals surface area (Å²) in [4.78, 5) is 31.1. The molecule has 0 saturated heterocycles. The summed E-state index contributed by atoms with van der Waals surface area (Å²) in [7, 11) is 0. The second-order valence-corrected chi connectivity index (χ2v) is 10.9. The molecular weight excluding hydrogens is 512 g/mol. The maximum atomic E-state index is 5.36. The van der Waals surface area contributed by atoms with Gasteiger partial charge in [-0.25, -0.2) is 9.97 Å². The van der Waals surface area contributed by atoms with E-state index < -0.39 is 5.91 Å². The first-order valence-corrected chi connectivity index (χ1v) is 13.5. The van der Waals surface area contributed by atoms with Gasteiger partial charge in [0, 0.05) is 33.9 Å². The molecule has 1 spiro atoms. The van der Waals surface area contributed by atoms with Crippen molar-refractivity contribution in [2.75, 3.05) is 0 Å². The number of fused-ring (bicyclic) bond motifs is 12. The summed E-state index contributed by atoms with van der Waals surface area (Å²) in [6.07, 6.45) is 3.65. The number of rotatable bonds is 0. The Bertz CT molecular complexity index is 2470. The molecule has 10 nitrogen and oxygen atoms in total. The van der Waals surface area contributed by atoms with E-state index in [2.05, 4.69) is 78.9 Å². The first-order valence-electron chi connectivity index (χ1n) is 13.5. The van der Waals surface area contributed by atoms with Crippen LogP contribution in [-0.2, 0) is 5.91 Å². The van der Waals surface area contributed by atoms with Gasteiger partial charge in [0.15, 0.2) is 11.4 Å². The van der Waals surface area contributed by atoms with Gasteiger partial charge in [0.1, 0.15) is 0 Å². The van der Waals surface area contributed by atoms with Gasteiger partial charge in [-0.1, -0.05) is 44.2 Å². The number of aromatic nitrogens is 4. The minimum absolute atomic E-state index is 0.766. The van der Waals surface area contributed by atoms with Crippen LogP contribution in [-0.4, -0.2) is 51.6 Å². The molecule has 1 unspecified atom stereocenters. The predicted molar refractivity (Wildman–Crippen MR) is 149 cm³/mol. The molecule has 0 fully saturated rings. The highest BCUT2D eigenvalue weighted by Gasteiger charge is 2.69. The summed E-state index contributed by atoms with van der Waals surface area (Å²) >= 11 is 0. The molecule has 10 heterocycles. The second-order valence-electron chi connectivity index (χ2n) is 10.9. The van der Waals surface area contributed by atoms with Crippen molar-refractivity contribution in [3.63, 3.8) is 0 Å². The van der Waals surface area contributed by atoms with Crippen LogP contribution >= 0.6 is 0 Å². The summed E-state index contributed by atoms with van der Waals surface area (Å²) < 4.78 is 9.03. The number of benzene rings is 2. The number of amidine groups is 4. The van der Waals surface area contributed by atoms with E-state index in [1.54, 1.807) is 0 Å². The summed E-state index contributed by atoms with van der Waals surface area (Å²) in [5.41, 5.74) is 5.24. The fourth-order valence-electron chi connectivity index (χ4n) is 7.61. The first kappa shape index (κ1) is 19.2. The maximum Gasteiger partial charge on any atom is 0.404 e. The second kappa shape index (κ2) is 5.82. The molecule has 6 aromatic rings. The highest BCUT2D eigenvalue weighted by atomic mass is 15.7. The Labute approximate surface area is 229 Å². The molecule has 0 saturated carbocycles. The van der Waals surface area contributed by atoms with Gasteiger partial charge in [0.05, 0.1) is 11.1 Å². The molecule has 4 aromatic heterocycles. The van der Waals surface area contributed by atoms with Crippen LogP contribution in [0.25, 0.3) is 21.5 Å². The minimum Gasteiger partial charge on any atom is -0.249 e. The van der Waals surface area contributed by atoms with Gasteiger partial charge >= 0.3 is 5.91 Å². The Morgan fingerprint density at radius 3 is 1.83 bits per heavy atom. The van der Waals surface area contributed by atoms with Crippen LogP contribution in [0.1, 0.15) is 22.5 Å². The Morgan fingerprint density at radius 1 is 0.512 bits per heavy atom. The lowest BCUT2D eigenvalue weighted by atomic mass is 10.2. The van der Waals surface area contributed by atoms with Crippen molar-refractivity contribution in [1.82, 2.24) is 19.1 Å². The lowest BCUT2D eigenvalue weighted by molar-refractivity contribution is -0.790. The van der Waals surface area contributed by atoms with E-state index in [0.29, 0.717) is 0 Å². The van der Waals surface area contributed by atoms with Crippen molar-refractivity contribution in [1.29, 1.82) is 0 Å². The van der Waals surface area contributed by atoms with Crippen LogP contribution in [0.15, 0.2) is 105 Å². The summed E-state index contributed by atoms with van der Waals surface area (Å²) in [6.45, 7) is 0. The van der Waals surface area contributed by atoms with E-state index in [1.807, 2.05) is 24.5 Å². The SMILES string of the molecule is c1cnc2c(c1)C1=[N+]3C2=Nc2c4ccccc4c4n2C32n3c(c5ccccc5c3=NC3=[N+]2C(=N4)c2cccnc23)=N1. The molecule has 2 aromatic carbocycles. The van der Waals surface area contributed by atoms with Crippen LogP contribution in [0.2, 0.25) is 0 Å². The van der Waals surface area contributed by atoms with Crippen LogP contribution in [0, 0.1) is 0 Å². The van der Waals surface area contributed by atoms with Crippen LogP contribution in [0.3, 0.4) is 0 Å². The number of aliphatic imine (C=N–C) groups is 2. The third-order valence-electron chi connectivity index (χ3n) is 9.08. The van der Waals surface area contributed by atoms with Crippen molar-refractivity contribution in [3.8, 4) is 0 Å². The molecule has 0 amide bonds. The van der Waals surface area contributed by atoms with E-state index in [-0.39, 0.29) is 0 Å². The molecule has 6 aliphatic heterocycles. The van der Waals surface area contributed by atoms with Crippen LogP contribution in [0.5, 0.6) is 0 Å². The zero-order valence-electron chi connectivity index (χ0n) is 21.1. The fraction of sp³-hybridized carbons (Fsp3) is 0.0323. The molecule has 186 valence electrons. The van der Waals surface area contributed by atoms with Crippen molar-refractivity contribution < 1.29 is 9.15 Å². The molecule has 41 heavy (non-hydrogen) atoms. The molecule has 0 radical (unpaired) electrons. The largest absolute Gasteiger partial charge is 0.404 e. The van der Waals surface area contributed by atoms with E-state index >= 15 is 0 Å². The van der Waals surface area contributed by atoms with E-state index in [1.165, 1.54) is 0 Å². The average Bonchev–Trinajstić information content (AvgIpc) is 3.74. The summed E-state index contributed by atoms with van der Waals surface area (Å²) in [6, 6.07) is 24.9. The van der Waals surface area contributed by atoms with Crippen molar-refractivity contribution in [2.24, 2.45) is 20.0 Å². The van der Waals surface area contributed by atoms with Gasteiger partial charge in [0.25, 0.3) is 23.3 Å².